The maximum atomic E-state index is 10.5. The molecule has 0 aliphatic rings. The third kappa shape index (κ3) is 4.44. The zero-order valence-corrected chi connectivity index (χ0v) is 14.1. The van der Waals surface area contributed by atoms with E-state index in [4.69, 9.17) is 0 Å². The van der Waals surface area contributed by atoms with Gasteiger partial charge in [-0.3, -0.25) is 0 Å². The third-order valence-electron chi connectivity index (χ3n) is 3.86. The first-order valence-corrected chi connectivity index (χ1v) is 7.30. The summed E-state index contributed by atoms with van der Waals surface area (Å²) >= 11 is 0. The molecule has 2 atom stereocenters. The summed E-state index contributed by atoms with van der Waals surface area (Å²) in [4.78, 5) is 2.14. The molecule has 116 valence electrons. The van der Waals surface area contributed by atoms with E-state index in [1.165, 1.54) is 16.3 Å². The smallest absolute Gasteiger partial charge is 0.0643 e. The number of rotatable bonds is 5. The molecule has 0 saturated heterocycles. The van der Waals surface area contributed by atoms with Crippen molar-refractivity contribution in [2.75, 3.05) is 20.6 Å². The van der Waals surface area contributed by atoms with Gasteiger partial charge in [-0.05, 0) is 36.3 Å². The zero-order valence-electron chi connectivity index (χ0n) is 13.3. The molecule has 0 aromatic heterocycles. The highest BCUT2D eigenvalue weighted by molar-refractivity contribution is 5.85. The van der Waals surface area contributed by atoms with Crippen LogP contribution in [0.2, 0.25) is 0 Å². The van der Waals surface area contributed by atoms with Crippen LogP contribution in [0.15, 0.2) is 42.5 Å². The maximum absolute atomic E-state index is 10.5. The van der Waals surface area contributed by atoms with Gasteiger partial charge in [0.1, 0.15) is 0 Å². The summed E-state index contributed by atoms with van der Waals surface area (Å²) in [7, 11) is 4.11. The molecule has 0 amide bonds. The van der Waals surface area contributed by atoms with Crippen LogP contribution in [-0.2, 0) is 0 Å². The molecule has 2 aromatic carbocycles. The molecular weight excluding hydrogens is 282 g/mol. The van der Waals surface area contributed by atoms with Crippen molar-refractivity contribution in [1.29, 1.82) is 0 Å². The lowest BCUT2D eigenvalue weighted by Crippen LogP contribution is -2.32. The largest absolute Gasteiger partial charge is 0.392 e. The van der Waals surface area contributed by atoms with Crippen LogP contribution < -0.4 is 0 Å². The molecule has 0 aliphatic carbocycles. The van der Waals surface area contributed by atoms with E-state index in [0.717, 1.165) is 6.54 Å². The van der Waals surface area contributed by atoms with E-state index < -0.39 is 0 Å². The number of halogens is 1. The number of benzene rings is 2. The molecule has 0 bridgehead atoms. The van der Waals surface area contributed by atoms with Crippen molar-refractivity contribution < 1.29 is 5.11 Å². The summed E-state index contributed by atoms with van der Waals surface area (Å²) < 4.78 is 0. The summed E-state index contributed by atoms with van der Waals surface area (Å²) in [5.41, 5.74) is 1.22. The van der Waals surface area contributed by atoms with Crippen LogP contribution in [0, 0.1) is 5.92 Å². The number of aliphatic hydroxyl groups excluding tert-OH is 1. The van der Waals surface area contributed by atoms with Gasteiger partial charge < -0.3 is 10.0 Å². The van der Waals surface area contributed by atoms with Crippen molar-refractivity contribution in [3.8, 4) is 0 Å². The van der Waals surface area contributed by atoms with Crippen molar-refractivity contribution in [2.24, 2.45) is 5.92 Å². The van der Waals surface area contributed by atoms with Crippen LogP contribution in [0.25, 0.3) is 10.8 Å². The van der Waals surface area contributed by atoms with Gasteiger partial charge in [0.25, 0.3) is 0 Å². The number of hydrogen-bond acceptors (Lipinski definition) is 2. The molecule has 0 aliphatic heterocycles. The average molecular weight is 308 g/mol. The van der Waals surface area contributed by atoms with E-state index in [2.05, 4.69) is 75.3 Å². The lowest BCUT2D eigenvalue weighted by molar-refractivity contribution is 0.0848. The van der Waals surface area contributed by atoms with Gasteiger partial charge in [-0.15, -0.1) is 12.4 Å². The van der Waals surface area contributed by atoms with Crippen LogP contribution in [0.3, 0.4) is 0 Å². The van der Waals surface area contributed by atoms with Crippen molar-refractivity contribution in [1.82, 2.24) is 4.90 Å². The Kier molecular flexibility index (Phi) is 6.66. The zero-order chi connectivity index (χ0) is 14.7. The first kappa shape index (κ1) is 18.0. The Morgan fingerprint density at radius 2 is 1.62 bits per heavy atom. The Morgan fingerprint density at radius 1 is 1.00 bits per heavy atom. The second-order valence-corrected chi connectivity index (χ2v) is 6.21. The number of nitrogens with zero attached hydrogens (tertiary/aromatic N) is 1. The average Bonchev–Trinajstić information content (AvgIpc) is 2.43. The molecule has 0 heterocycles. The number of likely N-dealkylation sites (N-methyl/N-ethyl adjacent to an activating group) is 1. The summed E-state index contributed by atoms with van der Waals surface area (Å²) in [5.74, 6) is 0.404. The van der Waals surface area contributed by atoms with E-state index >= 15 is 0 Å². The van der Waals surface area contributed by atoms with E-state index in [-0.39, 0.29) is 30.3 Å². The second kappa shape index (κ2) is 7.79. The van der Waals surface area contributed by atoms with Crippen LogP contribution >= 0.6 is 12.4 Å². The fourth-order valence-corrected chi connectivity index (χ4v) is 2.71. The van der Waals surface area contributed by atoms with Gasteiger partial charge in [0, 0.05) is 12.5 Å². The molecule has 2 nitrogen and oxygen atoms in total. The van der Waals surface area contributed by atoms with Gasteiger partial charge in [0.15, 0.2) is 0 Å². The second-order valence-electron chi connectivity index (χ2n) is 6.21. The van der Waals surface area contributed by atoms with Gasteiger partial charge in [0.2, 0.25) is 0 Å². The van der Waals surface area contributed by atoms with E-state index in [1.54, 1.807) is 0 Å². The number of aliphatic hydroxyl groups is 1. The molecular formula is C18H26ClNO. The highest BCUT2D eigenvalue weighted by Gasteiger charge is 2.24. The lowest BCUT2D eigenvalue weighted by Gasteiger charge is -2.29. The first-order chi connectivity index (χ1) is 9.49. The molecule has 2 aromatic rings. The van der Waals surface area contributed by atoms with E-state index in [1.807, 2.05) is 0 Å². The van der Waals surface area contributed by atoms with E-state index in [0.29, 0.717) is 0 Å². The van der Waals surface area contributed by atoms with Crippen molar-refractivity contribution >= 4 is 23.2 Å². The molecule has 0 saturated carbocycles. The van der Waals surface area contributed by atoms with Gasteiger partial charge in [-0.25, -0.2) is 0 Å². The van der Waals surface area contributed by atoms with Gasteiger partial charge in [-0.1, -0.05) is 56.3 Å². The summed E-state index contributed by atoms with van der Waals surface area (Å²) in [6.45, 7) is 5.01. The molecule has 0 spiro atoms. The molecule has 1 N–H and O–H groups in total. The molecule has 0 radical (unpaired) electrons. The summed E-state index contributed by atoms with van der Waals surface area (Å²) in [6, 6.07) is 14.9. The van der Waals surface area contributed by atoms with Gasteiger partial charge >= 0.3 is 0 Å². The minimum Gasteiger partial charge on any atom is -0.392 e. The minimum absolute atomic E-state index is 0. The Morgan fingerprint density at radius 3 is 2.19 bits per heavy atom. The Balaban J connectivity index is 0.00000220. The summed E-state index contributed by atoms with van der Waals surface area (Å²) in [5, 5.41) is 13.0. The molecule has 0 fully saturated rings. The Labute approximate surface area is 134 Å². The van der Waals surface area contributed by atoms with Gasteiger partial charge in [-0.2, -0.15) is 0 Å². The van der Waals surface area contributed by atoms with Crippen LogP contribution in [0.5, 0.6) is 0 Å². The third-order valence-corrected chi connectivity index (χ3v) is 3.86. The minimum atomic E-state index is -0.321. The highest BCUT2D eigenvalue weighted by atomic mass is 35.5. The predicted octanol–water partition coefficient (Wildman–Crippen LogP) is 3.92. The monoisotopic (exact) mass is 307 g/mol. The fourth-order valence-electron chi connectivity index (χ4n) is 2.71. The quantitative estimate of drug-likeness (QED) is 0.905. The fraction of sp³-hybridized carbons (Fsp3) is 0.444. The number of hydrogen-bond donors (Lipinski definition) is 1. The lowest BCUT2D eigenvalue weighted by atomic mass is 9.86. The summed E-state index contributed by atoms with van der Waals surface area (Å²) in [6.07, 6.45) is -0.321. The van der Waals surface area contributed by atoms with Crippen molar-refractivity contribution in [2.45, 2.75) is 25.9 Å². The SMILES string of the molecule is CC(C)C(O)C(CN(C)C)c1ccc2ccccc2c1.Cl. The highest BCUT2D eigenvalue weighted by Crippen LogP contribution is 2.28. The standard InChI is InChI=1S/C18H25NO.ClH/c1-13(2)18(20)17(12-19(3)4)16-10-9-14-7-5-6-8-15(14)11-16;/h5-11,13,17-18,20H,12H2,1-4H3;1H. The normalized spacial score (nSPS) is 14.2. The Bertz CT molecular complexity index is 568. The van der Waals surface area contributed by atoms with Crippen molar-refractivity contribution in [3.05, 3.63) is 48.0 Å². The van der Waals surface area contributed by atoms with Crippen LogP contribution in [0.1, 0.15) is 25.3 Å². The molecule has 2 unspecified atom stereocenters. The predicted molar refractivity (Wildman–Crippen MR) is 93.3 cm³/mol. The molecule has 21 heavy (non-hydrogen) atoms. The first-order valence-electron chi connectivity index (χ1n) is 7.30. The topological polar surface area (TPSA) is 23.5 Å². The number of fused-ring (bicyclic) bond motifs is 1. The molecule has 2 rings (SSSR count). The van der Waals surface area contributed by atoms with Crippen LogP contribution in [0.4, 0.5) is 0 Å². The van der Waals surface area contributed by atoms with E-state index in [9.17, 15) is 5.11 Å². The van der Waals surface area contributed by atoms with Crippen LogP contribution in [-0.4, -0.2) is 36.8 Å². The molecule has 3 heteroatoms. The maximum Gasteiger partial charge on any atom is 0.0643 e. The Hall–Kier alpha value is -1.09. The van der Waals surface area contributed by atoms with Crippen molar-refractivity contribution in [3.63, 3.8) is 0 Å². The van der Waals surface area contributed by atoms with Gasteiger partial charge in [0.05, 0.1) is 6.10 Å².